The van der Waals surface area contributed by atoms with Crippen LogP contribution in [-0.4, -0.2) is 19.9 Å². The Morgan fingerprint density at radius 3 is 2.74 bits per heavy atom. The Kier molecular flexibility index (Phi) is 2.49. The van der Waals surface area contributed by atoms with E-state index < -0.39 is 4.92 Å². The van der Waals surface area contributed by atoms with E-state index in [-0.39, 0.29) is 5.69 Å². The molecular formula is C13H10N4O2. The molecule has 0 aliphatic carbocycles. The minimum atomic E-state index is -0.407. The fourth-order valence-corrected chi connectivity index (χ4v) is 2.04. The fraction of sp³-hybridized carbons (Fsp3) is 0.0769. The van der Waals surface area contributed by atoms with Gasteiger partial charge in [0.05, 0.1) is 16.1 Å². The molecule has 19 heavy (non-hydrogen) atoms. The molecule has 94 valence electrons. The van der Waals surface area contributed by atoms with E-state index in [0.717, 1.165) is 22.3 Å². The van der Waals surface area contributed by atoms with E-state index in [1.165, 1.54) is 12.1 Å². The van der Waals surface area contributed by atoms with Crippen LogP contribution in [0.1, 0.15) is 5.56 Å². The predicted octanol–water partition coefficient (Wildman–Crippen LogP) is 2.64. The number of nitro benzene ring substituents is 1. The van der Waals surface area contributed by atoms with Gasteiger partial charge in [0.15, 0.2) is 0 Å². The van der Waals surface area contributed by atoms with Gasteiger partial charge in [-0.05, 0) is 30.7 Å². The molecule has 0 saturated heterocycles. The van der Waals surface area contributed by atoms with E-state index in [0.29, 0.717) is 0 Å². The van der Waals surface area contributed by atoms with Crippen LogP contribution in [0.4, 0.5) is 5.69 Å². The fourth-order valence-electron chi connectivity index (χ4n) is 2.04. The van der Waals surface area contributed by atoms with Crippen molar-refractivity contribution in [2.75, 3.05) is 0 Å². The summed E-state index contributed by atoms with van der Waals surface area (Å²) >= 11 is 0. The predicted molar refractivity (Wildman–Crippen MR) is 70.3 cm³/mol. The number of para-hydroxylation sites is 1. The summed E-state index contributed by atoms with van der Waals surface area (Å²) in [7, 11) is 0. The van der Waals surface area contributed by atoms with E-state index in [4.69, 9.17) is 0 Å². The summed E-state index contributed by atoms with van der Waals surface area (Å²) in [5.41, 5.74) is 3.31. The van der Waals surface area contributed by atoms with Crippen LogP contribution in [0.15, 0.2) is 42.5 Å². The van der Waals surface area contributed by atoms with E-state index in [2.05, 4.69) is 10.3 Å². The Morgan fingerprint density at radius 2 is 2.00 bits per heavy atom. The average Bonchev–Trinajstić information content (AvgIpc) is 2.82. The minimum Gasteiger partial charge on any atom is -0.258 e. The molecule has 1 aromatic heterocycles. The summed E-state index contributed by atoms with van der Waals surface area (Å²) in [6, 6.07) is 12.3. The second-order valence-corrected chi connectivity index (χ2v) is 4.22. The van der Waals surface area contributed by atoms with Crippen molar-refractivity contribution in [3.05, 3.63) is 58.1 Å². The molecule has 0 aliphatic heterocycles. The number of nitro groups is 1. The first-order valence-corrected chi connectivity index (χ1v) is 5.72. The van der Waals surface area contributed by atoms with Gasteiger partial charge in [-0.3, -0.25) is 10.1 Å². The quantitative estimate of drug-likeness (QED) is 0.520. The topological polar surface area (TPSA) is 73.8 Å². The number of hydrogen-bond acceptors (Lipinski definition) is 4. The van der Waals surface area contributed by atoms with Crippen molar-refractivity contribution in [2.45, 2.75) is 6.92 Å². The van der Waals surface area contributed by atoms with Crippen LogP contribution in [-0.2, 0) is 0 Å². The number of hydrogen-bond donors (Lipinski definition) is 0. The molecule has 0 atom stereocenters. The van der Waals surface area contributed by atoms with Crippen molar-refractivity contribution in [3.63, 3.8) is 0 Å². The standard InChI is InChI=1S/C13H10N4O2/c1-9-8-10(17(18)19)6-7-12(9)16-13-5-3-2-4-11(13)14-15-16/h2-8H,1H3. The number of nitrogens with zero attached hydrogens (tertiary/aromatic N) is 4. The lowest BCUT2D eigenvalue weighted by atomic mass is 10.1. The number of rotatable bonds is 2. The number of aryl methyl sites for hydroxylation is 1. The highest BCUT2D eigenvalue weighted by atomic mass is 16.6. The zero-order valence-electron chi connectivity index (χ0n) is 10.1. The molecule has 0 unspecified atom stereocenters. The highest BCUT2D eigenvalue weighted by Crippen LogP contribution is 2.22. The van der Waals surface area contributed by atoms with Crippen LogP contribution < -0.4 is 0 Å². The Bertz CT molecular complexity index is 779. The SMILES string of the molecule is Cc1cc([N+](=O)[O-])ccc1-n1nnc2ccccc21. The molecule has 2 aromatic carbocycles. The number of benzene rings is 2. The summed E-state index contributed by atoms with van der Waals surface area (Å²) in [6.45, 7) is 1.82. The lowest BCUT2D eigenvalue weighted by Crippen LogP contribution is -2.00. The van der Waals surface area contributed by atoms with Crippen molar-refractivity contribution in [2.24, 2.45) is 0 Å². The maximum Gasteiger partial charge on any atom is 0.269 e. The Balaban J connectivity index is 2.19. The number of non-ortho nitro benzene ring substituents is 1. The third kappa shape index (κ3) is 1.83. The van der Waals surface area contributed by atoms with Gasteiger partial charge in [0, 0.05) is 12.1 Å². The summed E-state index contributed by atoms with van der Waals surface area (Å²) < 4.78 is 1.69. The van der Waals surface area contributed by atoms with Crippen LogP contribution >= 0.6 is 0 Å². The largest absolute Gasteiger partial charge is 0.269 e. The molecule has 6 nitrogen and oxygen atoms in total. The normalized spacial score (nSPS) is 10.8. The Morgan fingerprint density at radius 1 is 1.21 bits per heavy atom. The van der Waals surface area contributed by atoms with E-state index in [1.54, 1.807) is 10.7 Å². The van der Waals surface area contributed by atoms with E-state index in [9.17, 15) is 10.1 Å². The lowest BCUT2D eigenvalue weighted by Gasteiger charge is -2.05. The first-order chi connectivity index (χ1) is 9.16. The first kappa shape index (κ1) is 11.3. The second kappa shape index (κ2) is 4.16. The molecule has 3 aromatic rings. The van der Waals surface area contributed by atoms with Gasteiger partial charge in [0.1, 0.15) is 5.52 Å². The van der Waals surface area contributed by atoms with Crippen LogP contribution in [0.3, 0.4) is 0 Å². The molecule has 0 bridgehead atoms. The molecule has 0 saturated carbocycles. The molecule has 0 radical (unpaired) electrons. The lowest BCUT2D eigenvalue weighted by molar-refractivity contribution is -0.384. The van der Waals surface area contributed by atoms with Crippen LogP contribution in [0, 0.1) is 17.0 Å². The van der Waals surface area contributed by atoms with Crippen molar-refractivity contribution in [3.8, 4) is 5.69 Å². The maximum absolute atomic E-state index is 10.7. The summed E-state index contributed by atoms with van der Waals surface area (Å²) in [5, 5.41) is 18.9. The molecule has 0 amide bonds. The van der Waals surface area contributed by atoms with Gasteiger partial charge in [0.25, 0.3) is 5.69 Å². The monoisotopic (exact) mass is 254 g/mol. The third-order valence-corrected chi connectivity index (χ3v) is 2.97. The molecular weight excluding hydrogens is 244 g/mol. The molecule has 0 aliphatic rings. The highest BCUT2D eigenvalue weighted by molar-refractivity contribution is 5.76. The van der Waals surface area contributed by atoms with Crippen molar-refractivity contribution in [1.82, 2.24) is 15.0 Å². The van der Waals surface area contributed by atoms with Gasteiger partial charge in [-0.1, -0.05) is 17.3 Å². The van der Waals surface area contributed by atoms with Crippen molar-refractivity contribution in [1.29, 1.82) is 0 Å². The molecule has 0 fully saturated rings. The summed E-state index contributed by atoms with van der Waals surface area (Å²) in [6.07, 6.45) is 0. The molecule has 3 rings (SSSR count). The van der Waals surface area contributed by atoms with Gasteiger partial charge >= 0.3 is 0 Å². The van der Waals surface area contributed by atoms with Crippen LogP contribution in [0.25, 0.3) is 16.7 Å². The van der Waals surface area contributed by atoms with Gasteiger partial charge in [-0.15, -0.1) is 5.10 Å². The molecule has 6 heteroatoms. The number of fused-ring (bicyclic) bond motifs is 1. The summed E-state index contributed by atoms with van der Waals surface area (Å²) in [4.78, 5) is 10.3. The van der Waals surface area contributed by atoms with Crippen molar-refractivity contribution < 1.29 is 4.92 Å². The second-order valence-electron chi connectivity index (χ2n) is 4.22. The maximum atomic E-state index is 10.7. The van der Waals surface area contributed by atoms with E-state index >= 15 is 0 Å². The zero-order valence-corrected chi connectivity index (χ0v) is 10.1. The van der Waals surface area contributed by atoms with Gasteiger partial charge < -0.3 is 0 Å². The van der Waals surface area contributed by atoms with Gasteiger partial charge in [-0.25, -0.2) is 4.68 Å². The van der Waals surface area contributed by atoms with Crippen molar-refractivity contribution >= 4 is 16.7 Å². The third-order valence-electron chi connectivity index (χ3n) is 2.97. The smallest absolute Gasteiger partial charge is 0.258 e. The van der Waals surface area contributed by atoms with Crippen LogP contribution in [0.5, 0.6) is 0 Å². The van der Waals surface area contributed by atoms with Crippen LogP contribution in [0.2, 0.25) is 0 Å². The zero-order chi connectivity index (χ0) is 13.4. The number of aromatic nitrogens is 3. The Labute approximate surface area is 108 Å². The Hall–Kier alpha value is -2.76. The minimum absolute atomic E-state index is 0.0747. The van der Waals surface area contributed by atoms with E-state index in [1.807, 2.05) is 31.2 Å². The molecule has 0 N–H and O–H groups in total. The van der Waals surface area contributed by atoms with Gasteiger partial charge in [0.2, 0.25) is 0 Å². The summed E-state index contributed by atoms with van der Waals surface area (Å²) in [5.74, 6) is 0. The molecule has 0 spiro atoms. The van der Waals surface area contributed by atoms with Gasteiger partial charge in [-0.2, -0.15) is 0 Å². The first-order valence-electron chi connectivity index (χ1n) is 5.72. The highest BCUT2D eigenvalue weighted by Gasteiger charge is 2.12. The molecule has 1 heterocycles. The average molecular weight is 254 g/mol.